The van der Waals surface area contributed by atoms with Crippen LogP contribution in [0.15, 0.2) is 36.5 Å². The summed E-state index contributed by atoms with van der Waals surface area (Å²) < 4.78 is 17.9. The van der Waals surface area contributed by atoms with Gasteiger partial charge >= 0.3 is 6.16 Å². The summed E-state index contributed by atoms with van der Waals surface area (Å²) in [5.74, 6) is -0.162. The van der Waals surface area contributed by atoms with Crippen LogP contribution < -0.4 is 0 Å². The van der Waals surface area contributed by atoms with Crippen molar-refractivity contribution >= 4 is 29.1 Å². The summed E-state index contributed by atoms with van der Waals surface area (Å²) in [5, 5.41) is 0.356. The first-order valence-corrected chi connectivity index (χ1v) is 9.96. The van der Waals surface area contributed by atoms with Crippen molar-refractivity contribution in [1.29, 1.82) is 0 Å². The van der Waals surface area contributed by atoms with Crippen molar-refractivity contribution < 1.29 is 23.8 Å². The molecule has 8 heteroatoms. The third-order valence-corrected chi connectivity index (χ3v) is 5.20. The number of ketones is 1. The monoisotopic (exact) mass is 432 g/mol. The Balaban J connectivity index is 2.31. The van der Waals surface area contributed by atoms with Gasteiger partial charge in [0.15, 0.2) is 11.5 Å². The molecule has 0 unspecified atom stereocenters. The number of Topliss-reactive ketones (excluding diaryl/α,β-unsaturated/α-hetero) is 1. The van der Waals surface area contributed by atoms with Crippen molar-refractivity contribution in [2.24, 2.45) is 0 Å². The maximum Gasteiger partial charge on any atom is 0.513 e. The molecule has 0 atom stereocenters. The quantitative estimate of drug-likeness (QED) is 0.649. The molecule has 0 aliphatic carbocycles. The van der Waals surface area contributed by atoms with Crippen LogP contribution in [-0.2, 0) is 25.4 Å². The Morgan fingerprint density at radius 3 is 2.50 bits per heavy atom. The minimum atomic E-state index is -1.11. The number of halogens is 1. The molecule has 1 aromatic carbocycles. The van der Waals surface area contributed by atoms with Gasteiger partial charge in [0.2, 0.25) is 0 Å². The molecule has 30 heavy (non-hydrogen) atoms. The third-order valence-electron chi connectivity index (χ3n) is 5.00. The van der Waals surface area contributed by atoms with Crippen LogP contribution >= 0.6 is 11.6 Å². The van der Waals surface area contributed by atoms with Crippen LogP contribution in [0.25, 0.3) is 11.3 Å². The van der Waals surface area contributed by atoms with Crippen molar-refractivity contribution in [1.82, 2.24) is 9.55 Å². The number of hydrogen-bond donors (Lipinski definition) is 0. The Morgan fingerprint density at radius 2 is 1.93 bits per heavy atom. The minimum absolute atomic E-state index is 0.120. The van der Waals surface area contributed by atoms with Crippen LogP contribution in [0.4, 0.5) is 4.79 Å². The highest BCUT2D eigenvalue weighted by Crippen LogP contribution is 2.43. The zero-order valence-electron chi connectivity index (χ0n) is 17.9. The summed E-state index contributed by atoms with van der Waals surface area (Å²) in [6.45, 7) is 8.91. The van der Waals surface area contributed by atoms with Gasteiger partial charge in [0.25, 0.3) is 0 Å². The second-order valence-corrected chi connectivity index (χ2v) is 8.40. The van der Waals surface area contributed by atoms with Gasteiger partial charge in [-0.2, -0.15) is 0 Å². The number of nitrogens with zero attached hydrogens (tertiary/aromatic N) is 2. The van der Waals surface area contributed by atoms with E-state index in [-0.39, 0.29) is 11.5 Å². The predicted octanol–water partition coefficient (Wildman–Crippen LogP) is 4.74. The number of ether oxygens (including phenoxy) is 3. The first kappa shape index (κ1) is 22.1. The smallest absolute Gasteiger partial charge is 0.437 e. The van der Waals surface area contributed by atoms with Crippen molar-refractivity contribution in [3.63, 3.8) is 0 Å². The molecule has 0 amide bonds. The zero-order valence-corrected chi connectivity index (χ0v) is 18.7. The number of aryl methyl sites for hydroxylation is 1. The van der Waals surface area contributed by atoms with E-state index in [0.717, 1.165) is 11.3 Å². The number of carbonyl (C=O) groups excluding carboxylic acids is 2. The number of methoxy groups -OCH3 is 1. The Bertz CT molecular complexity index is 1040. The van der Waals surface area contributed by atoms with E-state index in [4.69, 9.17) is 21.1 Å². The lowest BCUT2D eigenvalue weighted by Crippen LogP contribution is -2.50. The summed E-state index contributed by atoms with van der Waals surface area (Å²) in [7, 11) is 1.21. The van der Waals surface area contributed by atoms with Gasteiger partial charge in [-0.1, -0.05) is 24.6 Å². The molecule has 0 N–H and O–H groups in total. The van der Waals surface area contributed by atoms with Gasteiger partial charge in [-0.25, -0.2) is 9.78 Å². The molecule has 0 saturated heterocycles. The number of rotatable bonds is 4. The SMILES string of the molecule is CCc1ccc(-n2cnc(Cl)c2)cc1C1=C(OC(=O)OC)C(C)(C)OC(C)(C)C1=O. The second-order valence-electron chi connectivity index (χ2n) is 8.01. The van der Waals surface area contributed by atoms with Crippen molar-refractivity contribution in [3.05, 3.63) is 52.8 Å². The first-order valence-electron chi connectivity index (χ1n) is 9.59. The Hall–Kier alpha value is -2.64. The van der Waals surface area contributed by atoms with Crippen LogP contribution in [0.5, 0.6) is 0 Å². The maximum atomic E-state index is 13.5. The van der Waals surface area contributed by atoms with Crippen molar-refractivity contribution in [3.8, 4) is 5.69 Å². The Labute approximate surface area is 180 Å². The van der Waals surface area contributed by atoms with E-state index in [1.165, 1.54) is 7.11 Å². The molecular formula is C22H25ClN2O5. The molecule has 160 valence electrons. The lowest BCUT2D eigenvalue weighted by molar-refractivity contribution is -0.158. The highest BCUT2D eigenvalue weighted by atomic mass is 35.5. The molecule has 1 aliphatic heterocycles. The molecule has 0 radical (unpaired) electrons. The molecule has 3 rings (SSSR count). The molecule has 0 saturated carbocycles. The van der Waals surface area contributed by atoms with Crippen molar-refractivity contribution in [2.45, 2.75) is 52.2 Å². The number of carbonyl (C=O) groups is 2. The molecule has 2 heterocycles. The van der Waals surface area contributed by atoms with Gasteiger partial charge in [0.05, 0.1) is 12.7 Å². The predicted molar refractivity (Wildman–Crippen MR) is 113 cm³/mol. The highest BCUT2D eigenvalue weighted by Gasteiger charge is 2.49. The zero-order chi connectivity index (χ0) is 22.3. The van der Waals surface area contributed by atoms with Crippen LogP contribution in [0.3, 0.4) is 0 Å². The number of imidazole rings is 1. The van der Waals surface area contributed by atoms with E-state index in [1.807, 2.05) is 25.1 Å². The number of hydrogen-bond acceptors (Lipinski definition) is 6. The van der Waals surface area contributed by atoms with Gasteiger partial charge in [0.1, 0.15) is 22.7 Å². The van der Waals surface area contributed by atoms with E-state index in [9.17, 15) is 9.59 Å². The number of aromatic nitrogens is 2. The van der Waals surface area contributed by atoms with Crippen LogP contribution in [0, 0.1) is 0 Å². The lowest BCUT2D eigenvalue weighted by Gasteiger charge is -2.41. The summed E-state index contributed by atoms with van der Waals surface area (Å²) in [6.07, 6.45) is 3.02. The third kappa shape index (κ3) is 4.00. The van der Waals surface area contributed by atoms with Gasteiger partial charge in [-0.15, -0.1) is 0 Å². The van der Waals surface area contributed by atoms with Gasteiger partial charge in [0, 0.05) is 11.9 Å². The average Bonchev–Trinajstić information content (AvgIpc) is 3.11. The van der Waals surface area contributed by atoms with Gasteiger partial charge in [-0.05, 0) is 57.4 Å². The first-order chi connectivity index (χ1) is 14.0. The molecule has 1 aliphatic rings. The molecule has 0 fully saturated rings. The number of benzene rings is 1. The summed E-state index contributed by atoms with van der Waals surface area (Å²) >= 11 is 5.97. The fourth-order valence-electron chi connectivity index (χ4n) is 3.69. The topological polar surface area (TPSA) is 79.7 Å². The Morgan fingerprint density at radius 1 is 1.23 bits per heavy atom. The van der Waals surface area contributed by atoms with E-state index in [0.29, 0.717) is 22.7 Å². The summed E-state index contributed by atoms with van der Waals surface area (Å²) in [6, 6.07) is 5.72. The lowest BCUT2D eigenvalue weighted by atomic mass is 9.81. The molecule has 7 nitrogen and oxygen atoms in total. The average molecular weight is 433 g/mol. The molecule has 0 bridgehead atoms. The van der Waals surface area contributed by atoms with Gasteiger partial charge < -0.3 is 18.8 Å². The van der Waals surface area contributed by atoms with Crippen molar-refractivity contribution in [2.75, 3.05) is 7.11 Å². The normalized spacial score (nSPS) is 17.8. The molecule has 0 spiro atoms. The fourth-order valence-corrected chi connectivity index (χ4v) is 3.83. The molecule has 1 aromatic heterocycles. The van der Waals surface area contributed by atoms with E-state index in [2.05, 4.69) is 9.72 Å². The molecular weight excluding hydrogens is 408 g/mol. The fraction of sp³-hybridized carbons (Fsp3) is 0.409. The largest absolute Gasteiger partial charge is 0.513 e. The standard InChI is InChI=1S/C22H25ClN2O5/c1-7-13-8-9-14(25-11-16(23)24-12-25)10-15(13)17-18(26)21(2,3)30-22(4,5)19(17)29-20(27)28-6/h8-12H,7H2,1-6H3. The summed E-state index contributed by atoms with van der Waals surface area (Å²) in [4.78, 5) is 29.5. The van der Waals surface area contributed by atoms with Crippen LogP contribution in [0.1, 0.15) is 45.7 Å². The molecule has 2 aromatic rings. The van der Waals surface area contributed by atoms with E-state index < -0.39 is 17.4 Å². The second kappa shape index (κ2) is 7.89. The van der Waals surface area contributed by atoms with E-state index >= 15 is 0 Å². The van der Waals surface area contributed by atoms with Crippen LogP contribution in [-0.4, -0.2) is 39.8 Å². The van der Waals surface area contributed by atoms with Crippen LogP contribution in [0.2, 0.25) is 5.15 Å². The highest BCUT2D eigenvalue weighted by molar-refractivity contribution is 6.29. The minimum Gasteiger partial charge on any atom is -0.437 e. The van der Waals surface area contributed by atoms with Gasteiger partial charge in [-0.3, -0.25) is 4.79 Å². The van der Waals surface area contributed by atoms with E-state index in [1.54, 1.807) is 44.8 Å². The summed E-state index contributed by atoms with van der Waals surface area (Å²) in [5.41, 5.74) is 0.496. The Kier molecular flexibility index (Phi) is 5.80. The maximum absolute atomic E-state index is 13.5.